The van der Waals surface area contributed by atoms with E-state index in [-0.39, 0.29) is 18.7 Å². The molecule has 0 aliphatic carbocycles. The van der Waals surface area contributed by atoms with Crippen LogP contribution in [0.1, 0.15) is 33.6 Å². The summed E-state index contributed by atoms with van der Waals surface area (Å²) >= 11 is 0. The van der Waals surface area contributed by atoms with Crippen molar-refractivity contribution in [3.63, 3.8) is 0 Å². The Morgan fingerprint density at radius 3 is 2.47 bits per heavy atom. The SMILES string of the molecule is C=C(C)CC(CC)C(C)OCC(=O)OC. The summed E-state index contributed by atoms with van der Waals surface area (Å²) in [6.07, 6.45) is 2.03. The van der Waals surface area contributed by atoms with Gasteiger partial charge in [0.1, 0.15) is 6.61 Å². The fourth-order valence-corrected chi connectivity index (χ4v) is 1.48. The van der Waals surface area contributed by atoms with E-state index in [1.165, 1.54) is 7.11 Å². The maximum absolute atomic E-state index is 10.9. The van der Waals surface area contributed by atoms with Crippen molar-refractivity contribution in [2.24, 2.45) is 5.92 Å². The van der Waals surface area contributed by atoms with E-state index in [1.807, 2.05) is 13.8 Å². The van der Waals surface area contributed by atoms with Gasteiger partial charge in [0, 0.05) is 0 Å². The van der Waals surface area contributed by atoms with Crippen LogP contribution in [0.2, 0.25) is 0 Å². The minimum Gasteiger partial charge on any atom is -0.467 e. The number of allylic oxidation sites excluding steroid dienone is 1. The Kier molecular flexibility index (Phi) is 7.05. The predicted octanol–water partition coefficient (Wildman–Crippen LogP) is 2.56. The quantitative estimate of drug-likeness (QED) is 0.482. The molecule has 0 N–H and O–H groups in total. The molecule has 0 radical (unpaired) electrons. The van der Waals surface area contributed by atoms with E-state index < -0.39 is 0 Å². The second-order valence-corrected chi connectivity index (χ2v) is 3.92. The van der Waals surface area contributed by atoms with Crippen LogP contribution in [0.4, 0.5) is 0 Å². The molecule has 0 fully saturated rings. The third-order valence-corrected chi connectivity index (χ3v) is 2.49. The Morgan fingerprint density at radius 1 is 1.47 bits per heavy atom. The van der Waals surface area contributed by atoms with E-state index in [0.717, 1.165) is 18.4 Å². The summed E-state index contributed by atoms with van der Waals surface area (Å²) in [4.78, 5) is 10.9. The fourth-order valence-electron chi connectivity index (χ4n) is 1.48. The lowest BCUT2D eigenvalue weighted by Crippen LogP contribution is -2.24. The zero-order chi connectivity index (χ0) is 11.8. The second kappa shape index (κ2) is 7.46. The summed E-state index contributed by atoms with van der Waals surface area (Å²) in [6, 6.07) is 0. The van der Waals surface area contributed by atoms with Crippen molar-refractivity contribution < 1.29 is 14.3 Å². The number of methoxy groups -OCH3 is 1. The second-order valence-electron chi connectivity index (χ2n) is 3.92. The molecular formula is C12H22O3. The lowest BCUT2D eigenvalue weighted by molar-refractivity contribution is -0.148. The summed E-state index contributed by atoms with van der Waals surface area (Å²) in [7, 11) is 1.36. The molecule has 0 saturated heterocycles. The number of carbonyl (C=O) groups excluding carboxylic acids is 1. The zero-order valence-corrected chi connectivity index (χ0v) is 10.2. The zero-order valence-electron chi connectivity index (χ0n) is 10.2. The van der Waals surface area contributed by atoms with Crippen molar-refractivity contribution in [2.75, 3.05) is 13.7 Å². The van der Waals surface area contributed by atoms with E-state index in [4.69, 9.17) is 4.74 Å². The van der Waals surface area contributed by atoms with Gasteiger partial charge in [0.15, 0.2) is 0 Å². The maximum Gasteiger partial charge on any atom is 0.331 e. The molecule has 3 heteroatoms. The Hall–Kier alpha value is -0.830. The number of esters is 1. The molecule has 0 aromatic rings. The van der Waals surface area contributed by atoms with Crippen molar-refractivity contribution in [1.29, 1.82) is 0 Å². The lowest BCUT2D eigenvalue weighted by Gasteiger charge is -2.22. The molecular weight excluding hydrogens is 192 g/mol. The average Bonchev–Trinajstić information content (AvgIpc) is 2.21. The van der Waals surface area contributed by atoms with Gasteiger partial charge >= 0.3 is 5.97 Å². The van der Waals surface area contributed by atoms with E-state index in [2.05, 4.69) is 18.2 Å². The molecule has 0 aliphatic rings. The first-order valence-corrected chi connectivity index (χ1v) is 5.34. The van der Waals surface area contributed by atoms with Crippen molar-refractivity contribution >= 4 is 5.97 Å². The van der Waals surface area contributed by atoms with Crippen LogP contribution in [-0.4, -0.2) is 25.8 Å². The first kappa shape index (κ1) is 14.2. The van der Waals surface area contributed by atoms with Gasteiger partial charge in [0.25, 0.3) is 0 Å². The largest absolute Gasteiger partial charge is 0.467 e. The summed E-state index contributed by atoms with van der Waals surface area (Å²) in [5, 5.41) is 0. The van der Waals surface area contributed by atoms with Gasteiger partial charge in [-0.25, -0.2) is 4.79 Å². The molecule has 15 heavy (non-hydrogen) atoms. The molecule has 0 rings (SSSR count). The molecule has 0 amide bonds. The molecule has 3 nitrogen and oxygen atoms in total. The molecule has 0 aromatic heterocycles. The highest BCUT2D eigenvalue weighted by atomic mass is 16.6. The molecule has 0 heterocycles. The maximum atomic E-state index is 10.9. The lowest BCUT2D eigenvalue weighted by atomic mass is 9.93. The van der Waals surface area contributed by atoms with E-state index in [9.17, 15) is 4.79 Å². The smallest absolute Gasteiger partial charge is 0.331 e. The first-order valence-electron chi connectivity index (χ1n) is 5.34. The van der Waals surface area contributed by atoms with Crippen LogP contribution in [0.25, 0.3) is 0 Å². The minimum absolute atomic E-state index is 0.0321. The van der Waals surface area contributed by atoms with Crippen LogP contribution < -0.4 is 0 Å². The fraction of sp³-hybridized carbons (Fsp3) is 0.750. The third-order valence-electron chi connectivity index (χ3n) is 2.49. The topological polar surface area (TPSA) is 35.5 Å². The first-order chi connectivity index (χ1) is 7.01. The molecule has 0 spiro atoms. The Morgan fingerprint density at radius 2 is 2.07 bits per heavy atom. The van der Waals surface area contributed by atoms with E-state index >= 15 is 0 Å². The van der Waals surface area contributed by atoms with Gasteiger partial charge in [-0.05, 0) is 26.2 Å². The Bertz CT molecular complexity index is 211. The number of rotatable bonds is 7. The normalized spacial score (nSPS) is 14.4. The van der Waals surface area contributed by atoms with Gasteiger partial charge in [-0.3, -0.25) is 0 Å². The molecule has 0 aliphatic heterocycles. The highest BCUT2D eigenvalue weighted by molar-refractivity contribution is 5.70. The van der Waals surface area contributed by atoms with Gasteiger partial charge in [-0.1, -0.05) is 18.9 Å². The van der Waals surface area contributed by atoms with E-state index in [1.54, 1.807) is 0 Å². The highest BCUT2D eigenvalue weighted by Gasteiger charge is 2.17. The number of hydrogen-bond donors (Lipinski definition) is 0. The summed E-state index contributed by atoms with van der Waals surface area (Å²) in [5.41, 5.74) is 1.15. The number of carbonyl (C=O) groups is 1. The van der Waals surface area contributed by atoms with Crippen LogP contribution in [0.5, 0.6) is 0 Å². The van der Waals surface area contributed by atoms with Crippen molar-refractivity contribution in [3.8, 4) is 0 Å². The van der Waals surface area contributed by atoms with Crippen molar-refractivity contribution in [3.05, 3.63) is 12.2 Å². The molecule has 0 aromatic carbocycles. The highest BCUT2D eigenvalue weighted by Crippen LogP contribution is 2.19. The van der Waals surface area contributed by atoms with Crippen molar-refractivity contribution in [2.45, 2.75) is 39.7 Å². The average molecular weight is 214 g/mol. The minimum atomic E-state index is -0.327. The van der Waals surface area contributed by atoms with Crippen LogP contribution >= 0.6 is 0 Å². The molecule has 0 bridgehead atoms. The number of hydrogen-bond acceptors (Lipinski definition) is 3. The van der Waals surface area contributed by atoms with Crippen molar-refractivity contribution in [1.82, 2.24) is 0 Å². The van der Waals surface area contributed by atoms with Crippen LogP contribution in [0.15, 0.2) is 12.2 Å². The van der Waals surface area contributed by atoms with Gasteiger partial charge in [0.2, 0.25) is 0 Å². The molecule has 0 saturated carbocycles. The standard InChI is InChI=1S/C12H22O3/c1-6-11(7-9(2)3)10(4)15-8-12(13)14-5/h10-11H,2,6-8H2,1,3-5H3. The molecule has 2 atom stereocenters. The van der Waals surface area contributed by atoms with Gasteiger partial charge in [-0.2, -0.15) is 0 Å². The predicted molar refractivity (Wildman–Crippen MR) is 60.6 cm³/mol. The third kappa shape index (κ3) is 6.28. The van der Waals surface area contributed by atoms with Gasteiger partial charge < -0.3 is 9.47 Å². The van der Waals surface area contributed by atoms with Gasteiger partial charge in [-0.15, -0.1) is 6.58 Å². The molecule has 88 valence electrons. The van der Waals surface area contributed by atoms with Crippen LogP contribution in [0.3, 0.4) is 0 Å². The number of ether oxygens (including phenoxy) is 2. The van der Waals surface area contributed by atoms with Gasteiger partial charge in [0.05, 0.1) is 13.2 Å². The Balaban J connectivity index is 3.98. The van der Waals surface area contributed by atoms with E-state index in [0.29, 0.717) is 5.92 Å². The van der Waals surface area contributed by atoms with Crippen LogP contribution in [0, 0.1) is 5.92 Å². The molecule has 2 unspecified atom stereocenters. The summed E-state index contributed by atoms with van der Waals surface area (Å²) in [5.74, 6) is 0.0965. The van der Waals surface area contributed by atoms with Crippen LogP contribution in [-0.2, 0) is 14.3 Å². The summed E-state index contributed by atoms with van der Waals surface area (Å²) < 4.78 is 9.95. The summed E-state index contributed by atoms with van der Waals surface area (Å²) in [6.45, 7) is 10.0. The Labute approximate surface area is 92.5 Å². The monoisotopic (exact) mass is 214 g/mol.